The molecule has 2 aliphatic heterocycles. The Morgan fingerprint density at radius 1 is 0.944 bits per heavy atom. The molecule has 1 aromatic carbocycles. The van der Waals surface area contributed by atoms with E-state index < -0.39 is 18.3 Å². The lowest BCUT2D eigenvalue weighted by Crippen LogP contribution is -2.53. The number of morpholine rings is 1. The van der Waals surface area contributed by atoms with Crippen molar-refractivity contribution in [2.24, 2.45) is 5.73 Å². The first-order valence-electron chi connectivity index (χ1n) is 11.7. The molecule has 3 aromatic rings. The van der Waals surface area contributed by atoms with Crippen molar-refractivity contribution in [2.45, 2.75) is 12.5 Å². The summed E-state index contributed by atoms with van der Waals surface area (Å²) in [6, 6.07) is 6.12. The maximum atomic E-state index is 14.0. The first kappa shape index (κ1) is 24.0. The van der Waals surface area contributed by atoms with Gasteiger partial charge in [0, 0.05) is 39.3 Å². The number of carbonyl (C=O) groups excluding carboxylic acids is 1. The zero-order valence-corrected chi connectivity index (χ0v) is 19.6. The van der Waals surface area contributed by atoms with E-state index in [0.717, 1.165) is 0 Å². The highest BCUT2D eigenvalue weighted by molar-refractivity contribution is 5.83. The number of carbonyl (C=O) groups is 1. The standard InChI is InChI=1S/C23H27F2N9O2/c1-2-15(26)20(35)31-7-9-32(10-8-31)21-28-22(33-11-13-36-14-12-33)30-23(29-21)34-17-6-4-3-5-16(17)27-19(34)18(24)25/h2-6,15,18H,1,7-14,26H2. The summed E-state index contributed by atoms with van der Waals surface area (Å²) in [6.07, 6.45) is -1.41. The molecule has 0 spiro atoms. The van der Waals surface area contributed by atoms with Crippen LogP contribution in [0.3, 0.4) is 0 Å². The number of ether oxygens (including phenoxy) is 1. The molecule has 0 saturated carbocycles. The minimum atomic E-state index is -2.83. The summed E-state index contributed by atoms with van der Waals surface area (Å²) in [5, 5.41) is 0. The molecule has 36 heavy (non-hydrogen) atoms. The Morgan fingerprint density at radius 2 is 1.56 bits per heavy atom. The van der Waals surface area contributed by atoms with Crippen LogP contribution in [0.25, 0.3) is 17.0 Å². The minimum Gasteiger partial charge on any atom is -0.378 e. The zero-order chi connectivity index (χ0) is 25.2. The summed E-state index contributed by atoms with van der Waals surface area (Å²) in [5.74, 6) is 0.164. The van der Waals surface area contributed by atoms with E-state index >= 15 is 0 Å². The van der Waals surface area contributed by atoms with Gasteiger partial charge in [0.05, 0.1) is 24.2 Å². The Hall–Kier alpha value is -3.71. The van der Waals surface area contributed by atoms with Crippen LogP contribution in [0, 0.1) is 0 Å². The monoisotopic (exact) mass is 499 g/mol. The number of benzene rings is 1. The van der Waals surface area contributed by atoms with Crippen LogP contribution >= 0.6 is 0 Å². The van der Waals surface area contributed by atoms with E-state index in [2.05, 4.69) is 26.5 Å². The van der Waals surface area contributed by atoms with Gasteiger partial charge >= 0.3 is 0 Å². The lowest BCUT2D eigenvalue weighted by Gasteiger charge is -2.36. The number of piperazine rings is 1. The Kier molecular flexibility index (Phi) is 6.74. The first-order chi connectivity index (χ1) is 17.5. The number of nitrogens with zero attached hydrogens (tertiary/aromatic N) is 8. The molecule has 11 nitrogen and oxygen atoms in total. The third-order valence-electron chi connectivity index (χ3n) is 6.29. The fraction of sp³-hybridized carbons (Fsp3) is 0.435. The van der Waals surface area contributed by atoms with Crippen LogP contribution < -0.4 is 15.5 Å². The summed E-state index contributed by atoms with van der Waals surface area (Å²) in [6.45, 7) is 7.49. The predicted octanol–water partition coefficient (Wildman–Crippen LogP) is 1.15. The molecule has 2 fully saturated rings. The number of halogens is 2. The highest BCUT2D eigenvalue weighted by Crippen LogP contribution is 2.28. The maximum absolute atomic E-state index is 14.0. The number of aromatic nitrogens is 5. The average Bonchev–Trinajstić information content (AvgIpc) is 3.33. The largest absolute Gasteiger partial charge is 0.378 e. The third kappa shape index (κ3) is 4.58. The van der Waals surface area contributed by atoms with E-state index in [4.69, 9.17) is 10.5 Å². The predicted molar refractivity (Wildman–Crippen MR) is 129 cm³/mol. The van der Waals surface area contributed by atoms with E-state index in [1.165, 1.54) is 10.6 Å². The molecule has 13 heteroatoms. The number of imidazole rings is 1. The van der Waals surface area contributed by atoms with Crippen molar-refractivity contribution in [3.63, 3.8) is 0 Å². The molecule has 2 saturated heterocycles. The second-order valence-corrected chi connectivity index (χ2v) is 8.50. The molecule has 1 unspecified atom stereocenters. The van der Waals surface area contributed by atoms with Gasteiger partial charge in [-0.2, -0.15) is 15.0 Å². The van der Waals surface area contributed by atoms with E-state index in [9.17, 15) is 13.6 Å². The fourth-order valence-corrected chi connectivity index (χ4v) is 4.33. The van der Waals surface area contributed by atoms with Gasteiger partial charge in [-0.1, -0.05) is 18.2 Å². The average molecular weight is 500 g/mol. The molecule has 1 atom stereocenters. The summed E-state index contributed by atoms with van der Waals surface area (Å²) < 4.78 is 34.8. The zero-order valence-electron chi connectivity index (χ0n) is 19.6. The number of nitrogens with two attached hydrogens (primary N) is 1. The molecular weight excluding hydrogens is 472 g/mol. The molecule has 1 amide bonds. The highest BCUT2D eigenvalue weighted by Gasteiger charge is 2.28. The number of hydrogen-bond donors (Lipinski definition) is 1. The first-order valence-corrected chi connectivity index (χ1v) is 11.7. The normalized spacial score (nSPS) is 17.6. The van der Waals surface area contributed by atoms with E-state index in [-0.39, 0.29) is 11.9 Å². The maximum Gasteiger partial charge on any atom is 0.296 e. The van der Waals surface area contributed by atoms with Crippen molar-refractivity contribution in [1.29, 1.82) is 0 Å². The van der Waals surface area contributed by atoms with E-state index in [1.807, 2.05) is 9.80 Å². The van der Waals surface area contributed by atoms with Crippen LogP contribution in [-0.2, 0) is 9.53 Å². The molecule has 2 N–H and O–H groups in total. The topological polar surface area (TPSA) is 119 Å². The van der Waals surface area contributed by atoms with Crippen molar-refractivity contribution in [2.75, 3.05) is 62.3 Å². The van der Waals surface area contributed by atoms with Gasteiger partial charge in [0.15, 0.2) is 5.82 Å². The molecule has 2 aliphatic rings. The van der Waals surface area contributed by atoms with Gasteiger partial charge in [0.1, 0.15) is 6.04 Å². The van der Waals surface area contributed by atoms with Crippen LogP contribution in [0.15, 0.2) is 36.9 Å². The summed E-state index contributed by atoms with van der Waals surface area (Å²) in [7, 11) is 0. The molecular formula is C23H27F2N9O2. The lowest BCUT2D eigenvalue weighted by molar-refractivity contribution is -0.131. The van der Waals surface area contributed by atoms with Gasteiger partial charge in [-0.05, 0) is 12.1 Å². The fourth-order valence-electron chi connectivity index (χ4n) is 4.33. The summed E-state index contributed by atoms with van der Waals surface area (Å²) in [5.41, 5.74) is 6.71. The smallest absolute Gasteiger partial charge is 0.296 e. The molecule has 0 bridgehead atoms. The lowest BCUT2D eigenvalue weighted by atomic mass is 10.2. The van der Waals surface area contributed by atoms with E-state index in [1.54, 1.807) is 29.2 Å². The minimum absolute atomic E-state index is 0.0673. The van der Waals surface area contributed by atoms with Crippen molar-refractivity contribution in [3.05, 3.63) is 42.7 Å². The number of para-hydroxylation sites is 2. The molecule has 190 valence electrons. The number of alkyl halides is 2. The number of rotatable bonds is 6. The number of hydrogen-bond acceptors (Lipinski definition) is 9. The van der Waals surface area contributed by atoms with Gasteiger partial charge < -0.3 is 25.2 Å². The van der Waals surface area contributed by atoms with Gasteiger partial charge in [-0.25, -0.2) is 13.8 Å². The van der Waals surface area contributed by atoms with Gasteiger partial charge in [0.2, 0.25) is 23.8 Å². The van der Waals surface area contributed by atoms with Crippen LogP contribution in [-0.4, -0.2) is 93.8 Å². The molecule has 0 aliphatic carbocycles. The van der Waals surface area contributed by atoms with Crippen LogP contribution in [0.1, 0.15) is 12.2 Å². The van der Waals surface area contributed by atoms with Gasteiger partial charge in [-0.15, -0.1) is 6.58 Å². The number of amides is 1. The third-order valence-corrected chi connectivity index (χ3v) is 6.29. The Morgan fingerprint density at radius 3 is 2.19 bits per heavy atom. The quantitative estimate of drug-likeness (QED) is 0.498. The van der Waals surface area contributed by atoms with Crippen molar-refractivity contribution in [1.82, 2.24) is 29.4 Å². The molecule has 5 rings (SSSR count). The Bertz CT molecular complexity index is 1250. The SMILES string of the molecule is C=CC(N)C(=O)N1CCN(c2nc(N3CCOCC3)nc(-n3c(C(F)F)nc4ccccc43)n2)CC1. The molecule has 2 aromatic heterocycles. The summed E-state index contributed by atoms with van der Waals surface area (Å²) in [4.78, 5) is 36.0. The molecule has 4 heterocycles. The summed E-state index contributed by atoms with van der Waals surface area (Å²) >= 11 is 0. The second-order valence-electron chi connectivity index (χ2n) is 8.50. The Labute approximate surface area is 206 Å². The number of fused-ring (bicyclic) bond motifs is 1. The van der Waals surface area contributed by atoms with Gasteiger partial charge in [-0.3, -0.25) is 9.36 Å². The molecule has 0 radical (unpaired) electrons. The van der Waals surface area contributed by atoms with Crippen LogP contribution in [0.2, 0.25) is 0 Å². The van der Waals surface area contributed by atoms with Crippen molar-refractivity contribution in [3.8, 4) is 5.95 Å². The van der Waals surface area contributed by atoms with Crippen LogP contribution in [0.4, 0.5) is 20.7 Å². The van der Waals surface area contributed by atoms with Crippen LogP contribution in [0.5, 0.6) is 0 Å². The highest BCUT2D eigenvalue weighted by atomic mass is 19.3. The van der Waals surface area contributed by atoms with Crippen molar-refractivity contribution >= 4 is 28.8 Å². The number of anilines is 2. The van der Waals surface area contributed by atoms with E-state index in [0.29, 0.717) is 75.4 Å². The Balaban J connectivity index is 1.54. The van der Waals surface area contributed by atoms with Gasteiger partial charge in [0.25, 0.3) is 6.43 Å². The van der Waals surface area contributed by atoms with Crippen molar-refractivity contribution < 1.29 is 18.3 Å². The second kappa shape index (κ2) is 10.1.